The standard InChI is InChI=1S/C11H11N3O3/c1-6-3-4-7(8(5-6)17-2)9-10(11(15)16)13-14-12-9/h3-5H,1-2H3,(H,15,16)(H,12,13,14). The molecule has 0 aliphatic rings. The Balaban J connectivity index is 2.60. The number of hydrogen-bond acceptors (Lipinski definition) is 4. The molecule has 2 N–H and O–H groups in total. The van der Waals surface area contributed by atoms with Gasteiger partial charge >= 0.3 is 5.97 Å². The van der Waals surface area contributed by atoms with Crippen molar-refractivity contribution in [1.29, 1.82) is 0 Å². The number of carboxylic acids is 1. The maximum absolute atomic E-state index is 11.0. The third-order valence-corrected chi connectivity index (χ3v) is 2.36. The summed E-state index contributed by atoms with van der Waals surface area (Å²) in [6.07, 6.45) is 0. The van der Waals surface area contributed by atoms with Gasteiger partial charge in [-0.1, -0.05) is 6.07 Å². The molecule has 0 radical (unpaired) electrons. The van der Waals surface area contributed by atoms with Crippen molar-refractivity contribution in [1.82, 2.24) is 15.4 Å². The van der Waals surface area contributed by atoms with Crippen LogP contribution in [-0.4, -0.2) is 33.6 Å². The molecule has 2 aromatic rings. The van der Waals surface area contributed by atoms with E-state index in [1.54, 1.807) is 6.07 Å². The van der Waals surface area contributed by atoms with E-state index >= 15 is 0 Å². The number of nitrogens with zero attached hydrogens (tertiary/aromatic N) is 2. The number of hydrogen-bond donors (Lipinski definition) is 2. The van der Waals surface area contributed by atoms with Gasteiger partial charge in [0.2, 0.25) is 0 Å². The quantitative estimate of drug-likeness (QED) is 0.838. The number of benzene rings is 1. The first kappa shape index (κ1) is 11.1. The van der Waals surface area contributed by atoms with Crippen LogP contribution in [0.15, 0.2) is 18.2 Å². The second kappa shape index (κ2) is 4.25. The third kappa shape index (κ3) is 1.96. The van der Waals surface area contributed by atoms with E-state index in [0.717, 1.165) is 5.56 Å². The molecule has 1 aromatic heterocycles. The normalized spacial score (nSPS) is 10.2. The number of aromatic nitrogens is 3. The molecule has 0 saturated carbocycles. The van der Waals surface area contributed by atoms with Crippen molar-refractivity contribution in [3.05, 3.63) is 29.5 Å². The number of aromatic carboxylic acids is 1. The van der Waals surface area contributed by atoms with Crippen molar-refractivity contribution in [2.45, 2.75) is 6.92 Å². The summed E-state index contributed by atoms with van der Waals surface area (Å²) in [6.45, 7) is 1.92. The number of aryl methyl sites for hydroxylation is 1. The lowest BCUT2D eigenvalue weighted by Gasteiger charge is -2.07. The summed E-state index contributed by atoms with van der Waals surface area (Å²) in [7, 11) is 1.53. The minimum atomic E-state index is -1.13. The summed E-state index contributed by atoms with van der Waals surface area (Å²) in [4.78, 5) is 11.0. The number of ether oxygens (including phenoxy) is 1. The van der Waals surface area contributed by atoms with E-state index in [4.69, 9.17) is 9.84 Å². The van der Waals surface area contributed by atoms with Gasteiger partial charge in [-0.3, -0.25) is 0 Å². The van der Waals surface area contributed by atoms with E-state index in [-0.39, 0.29) is 11.4 Å². The molecule has 17 heavy (non-hydrogen) atoms. The summed E-state index contributed by atoms with van der Waals surface area (Å²) < 4.78 is 5.21. The highest BCUT2D eigenvalue weighted by Crippen LogP contribution is 2.30. The van der Waals surface area contributed by atoms with E-state index in [0.29, 0.717) is 11.3 Å². The molecule has 0 saturated heterocycles. The lowest BCUT2D eigenvalue weighted by atomic mass is 10.1. The van der Waals surface area contributed by atoms with Crippen molar-refractivity contribution in [3.63, 3.8) is 0 Å². The van der Waals surface area contributed by atoms with Gasteiger partial charge in [-0.15, -0.1) is 5.10 Å². The maximum Gasteiger partial charge on any atom is 0.358 e. The van der Waals surface area contributed by atoms with Crippen LogP contribution < -0.4 is 4.74 Å². The first-order valence-electron chi connectivity index (χ1n) is 4.92. The van der Waals surface area contributed by atoms with Crippen LogP contribution in [0.1, 0.15) is 16.1 Å². The number of rotatable bonds is 3. The van der Waals surface area contributed by atoms with Crippen LogP contribution in [0.3, 0.4) is 0 Å². The van der Waals surface area contributed by atoms with Crippen molar-refractivity contribution in [3.8, 4) is 17.0 Å². The predicted octanol–water partition coefficient (Wildman–Crippen LogP) is 1.49. The predicted molar refractivity (Wildman–Crippen MR) is 60.1 cm³/mol. The molecule has 2 rings (SSSR count). The zero-order valence-electron chi connectivity index (χ0n) is 9.39. The fourth-order valence-electron chi connectivity index (χ4n) is 1.56. The van der Waals surface area contributed by atoms with Crippen molar-refractivity contribution in [2.24, 2.45) is 0 Å². The summed E-state index contributed by atoms with van der Waals surface area (Å²) in [5.41, 5.74) is 1.77. The monoisotopic (exact) mass is 233 g/mol. The van der Waals surface area contributed by atoms with Crippen LogP contribution in [0.2, 0.25) is 0 Å². The van der Waals surface area contributed by atoms with E-state index in [1.807, 2.05) is 19.1 Å². The molecule has 1 aromatic carbocycles. The number of H-pyrrole nitrogens is 1. The molecular formula is C11H11N3O3. The molecular weight excluding hydrogens is 222 g/mol. The first-order valence-corrected chi connectivity index (χ1v) is 4.92. The van der Waals surface area contributed by atoms with Gasteiger partial charge in [0, 0.05) is 5.56 Å². The molecule has 0 bridgehead atoms. The fraction of sp³-hybridized carbons (Fsp3) is 0.182. The van der Waals surface area contributed by atoms with Crippen molar-refractivity contribution in [2.75, 3.05) is 7.11 Å². The Bertz CT molecular complexity index is 563. The average molecular weight is 233 g/mol. The second-order valence-corrected chi connectivity index (χ2v) is 3.53. The Morgan fingerprint density at radius 2 is 2.18 bits per heavy atom. The lowest BCUT2D eigenvalue weighted by Crippen LogP contribution is -2.00. The highest BCUT2D eigenvalue weighted by atomic mass is 16.5. The average Bonchev–Trinajstić information content (AvgIpc) is 2.77. The van der Waals surface area contributed by atoms with Crippen LogP contribution in [0, 0.1) is 6.92 Å². The molecule has 6 heteroatoms. The van der Waals surface area contributed by atoms with Gasteiger partial charge < -0.3 is 9.84 Å². The molecule has 0 spiro atoms. The molecule has 6 nitrogen and oxygen atoms in total. The number of carboxylic acid groups (broad SMARTS) is 1. The zero-order valence-corrected chi connectivity index (χ0v) is 9.39. The number of carbonyl (C=O) groups is 1. The summed E-state index contributed by atoms with van der Waals surface area (Å²) in [6, 6.07) is 5.44. The summed E-state index contributed by atoms with van der Waals surface area (Å²) in [5.74, 6) is -0.558. The van der Waals surface area contributed by atoms with Gasteiger partial charge in [-0.05, 0) is 24.6 Å². The lowest BCUT2D eigenvalue weighted by molar-refractivity contribution is 0.0691. The molecule has 1 heterocycles. The van der Waals surface area contributed by atoms with E-state index in [1.165, 1.54) is 7.11 Å². The minimum absolute atomic E-state index is 0.118. The third-order valence-electron chi connectivity index (χ3n) is 2.36. The van der Waals surface area contributed by atoms with Crippen LogP contribution in [-0.2, 0) is 0 Å². The summed E-state index contributed by atoms with van der Waals surface area (Å²) in [5, 5.41) is 18.7. The van der Waals surface area contributed by atoms with Gasteiger partial charge in [0.1, 0.15) is 11.4 Å². The smallest absolute Gasteiger partial charge is 0.358 e. The van der Waals surface area contributed by atoms with Crippen LogP contribution in [0.4, 0.5) is 0 Å². The number of nitrogens with one attached hydrogen (secondary N) is 1. The van der Waals surface area contributed by atoms with Gasteiger partial charge in [0.15, 0.2) is 5.69 Å². The topological polar surface area (TPSA) is 88.1 Å². The largest absolute Gasteiger partial charge is 0.496 e. The highest BCUT2D eigenvalue weighted by molar-refractivity contribution is 5.93. The Labute approximate surface area is 97.2 Å². The molecule has 0 aliphatic heterocycles. The Morgan fingerprint density at radius 3 is 2.82 bits per heavy atom. The van der Waals surface area contributed by atoms with Gasteiger partial charge in [-0.25, -0.2) is 4.79 Å². The van der Waals surface area contributed by atoms with E-state index in [2.05, 4.69) is 15.4 Å². The first-order chi connectivity index (χ1) is 8.13. The van der Waals surface area contributed by atoms with E-state index < -0.39 is 5.97 Å². The number of aromatic amines is 1. The SMILES string of the molecule is COc1cc(C)ccc1-c1n[nH]nc1C(=O)O. The van der Waals surface area contributed by atoms with Gasteiger partial charge in [0.25, 0.3) is 0 Å². The molecule has 0 amide bonds. The zero-order chi connectivity index (χ0) is 12.4. The van der Waals surface area contributed by atoms with Crippen molar-refractivity contribution < 1.29 is 14.6 Å². The van der Waals surface area contributed by atoms with Crippen LogP contribution in [0.5, 0.6) is 5.75 Å². The minimum Gasteiger partial charge on any atom is -0.496 e. The van der Waals surface area contributed by atoms with Crippen molar-refractivity contribution >= 4 is 5.97 Å². The van der Waals surface area contributed by atoms with E-state index in [9.17, 15) is 4.79 Å². The highest BCUT2D eigenvalue weighted by Gasteiger charge is 2.19. The Kier molecular flexibility index (Phi) is 2.78. The molecule has 0 aliphatic carbocycles. The Morgan fingerprint density at radius 1 is 1.41 bits per heavy atom. The summed E-state index contributed by atoms with van der Waals surface area (Å²) >= 11 is 0. The molecule has 0 unspecified atom stereocenters. The Hall–Kier alpha value is -2.37. The fourth-order valence-corrected chi connectivity index (χ4v) is 1.56. The van der Waals surface area contributed by atoms with Gasteiger partial charge in [-0.2, -0.15) is 10.3 Å². The molecule has 0 atom stereocenters. The van der Waals surface area contributed by atoms with Crippen LogP contribution >= 0.6 is 0 Å². The number of methoxy groups -OCH3 is 1. The van der Waals surface area contributed by atoms with Crippen LogP contribution in [0.25, 0.3) is 11.3 Å². The molecule has 0 fully saturated rings. The maximum atomic E-state index is 11.0. The van der Waals surface area contributed by atoms with Gasteiger partial charge in [0.05, 0.1) is 7.11 Å². The second-order valence-electron chi connectivity index (χ2n) is 3.53. The molecule has 88 valence electrons.